The number of rotatable bonds is 8. The average Bonchev–Trinajstić information content (AvgIpc) is 2.72. The maximum Gasteiger partial charge on any atom is 0.238 e. The molecular formula is C23H30FN3O3. The van der Waals surface area contributed by atoms with Gasteiger partial charge < -0.3 is 15.2 Å². The van der Waals surface area contributed by atoms with Crippen molar-refractivity contribution in [1.82, 2.24) is 9.80 Å². The molecule has 1 unspecified atom stereocenters. The number of aliphatic hydroxyl groups is 1. The summed E-state index contributed by atoms with van der Waals surface area (Å²) in [5, 5.41) is 13.3. The van der Waals surface area contributed by atoms with E-state index in [9.17, 15) is 14.3 Å². The van der Waals surface area contributed by atoms with Gasteiger partial charge in [0.25, 0.3) is 0 Å². The number of halogens is 1. The first-order chi connectivity index (χ1) is 14.4. The third kappa shape index (κ3) is 6.52. The molecule has 162 valence electrons. The molecule has 1 fully saturated rings. The number of aliphatic hydroxyl groups excluding tert-OH is 1. The molecule has 1 heterocycles. The monoisotopic (exact) mass is 415 g/mol. The summed E-state index contributed by atoms with van der Waals surface area (Å²) in [6.45, 7) is 8.11. The van der Waals surface area contributed by atoms with Gasteiger partial charge >= 0.3 is 0 Å². The number of anilines is 1. The van der Waals surface area contributed by atoms with E-state index in [0.29, 0.717) is 18.8 Å². The van der Waals surface area contributed by atoms with E-state index in [-0.39, 0.29) is 18.3 Å². The Balaban J connectivity index is 1.37. The Morgan fingerprint density at radius 1 is 1.07 bits per heavy atom. The molecular weight excluding hydrogens is 385 g/mol. The topological polar surface area (TPSA) is 65.0 Å². The highest BCUT2D eigenvalue weighted by Crippen LogP contribution is 2.19. The lowest BCUT2D eigenvalue weighted by Crippen LogP contribution is -2.50. The van der Waals surface area contributed by atoms with Gasteiger partial charge in [-0.3, -0.25) is 14.6 Å². The molecule has 3 rings (SSSR count). The first-order valence-electron chi connectivity index (χ1n) is 10.3. The number of carbonyl (C=O) groups is 1. The molecule has 0 spiro atoms. The number of piperazine rings is 1. The molecule has 1 atom stereocenters. The summed E-state index contributed by atoms with van der Waals surface area (Å²) in [7, 11) is 0. The van der Waals surface area contributed by atoms with Crippen LogP contribution in [0, 0.1) is 19.7 Å². The molecule has 1 saturated heterocycles. The normalized spacial score (nSPS) is 16.3. The fourth-order valence-electron chi connectivity index (χ4n) is 3.60. The number of nitrogens with one attached hydrogen (secondary N) is 1. The molecule has 2 aromatic carbocycles. The van der Waals surface area contributed by atoms with Gasteiger partial charge in [-0.25, -0.2) is 4.39 Å². The lowest BCUT2D eigenvalue weighted by Gasteiger charge is -2.35. The molecule has 1 amide bonds. The molecule has 0 aliphatic carbocycles. The molecule has 1 aliphatic heterocycles. The second-order valence-corrected chi connectivity index (χ2v) is 7.81. The number of para-hydroxylation sites is 1. The molecule has 2 N–H and O–H groups in total. The number of β-amino-alcohol motifs (C(OH)–C–C–N with tert-alkyl or cyclic N) is 1. The summed E-state index contributed by atoms with van der Waals surface area (Å²) >= 11 is 0. The standard InChI is InChI=1S/C23H30FN3O3/c1-17-4-3-5-18(2)23(17)25-22(29)15-27-12-10-26(11-13-27)14-20(28)16-30-21-8-6-19(24)7-9-21/h3-9,20,28H,10-16H2,1-2H3,(H,25,29). The lowest BCUT2D eigenvalue weighted by atomic mass is 10.1. The highest BCUT2D eigenvalue weighted by Gasteiger charge is 2.21. The Labute approximate surface area is 177 Å². The maximum absolute atomic E-state index is 12.9. The Morgan fingerprint density at radius 2 is 1.67 bits per heavy atom. The summed E-state index contributed by atoms with van der Waals surface area (Å²) in [6, 6.07) is 11.7. The van der Waals surface area contributed by atoms with E-state index in [1.807, 2.05) is 32.0 Å². The first kappa shape index (κ1) is 22.2. The van der Waals surface area contributed by atoms with Crippen molar-refractivity contribution >= 4 is 11.6 Å². The van der Waals surface area contributed by atoms with Crippen LogP contribution in [0.5, 0.6) is 5.75 Å². The highest BCUT2D eigenvalue weighted by atomic mass is 19.1. The van der Waals surface area contributed by atoms with Crippen LogP contribution >= 0.6 is 0 Å². The SMILES string of the molecule is Cc1cccc(C)c1NC(=O)CN1CCN(CC(O)COc2ccc(F)cc2)CC1. The zero-order chi connectivity index (χ0) is 21.5. The smallest absolute Gasteiger partial charge is 0.238 e. The van der Waals surface area contributed by atoms with Crippen molar-refractivity contribution in [1.29, 1.82) is 0 Å². The lowest BCUT2D eigenvalue weighted by molar-refractivity contribution is -0.117. The zero-order valence-electron chi connectivity index (χ0n) is 17.6. The number of amides is 1. The molecule has 0 bridgehead atoms. The number of ether oxygens (including phenoxy) is 1. The van der Waals surface area contributed by atoms with Gasteiger partial charge in [0.2, 0.25) is 5.91 Å². The van der Waals surface area contributed by atoms with Gasteiger partial charge in [-0.15, -0.1) is 0 Å². The van der Waals surface area contributed by atoms with Gasteiger partial charge in [0, 0.05) is 38.4 Å². The number of benzene rings is 2. The molecule has 30 heavy (non-hydrogen) atoms. The molecule has 2 aromatic rings. The fraction of sp³-hybridized carbons (Fsp3) is 0.435. The molecule has 6 nitrogen and oxygen atoms in total. The molecule has 0 aromatic heterocycles. The van der Waals surface area contributed by atoms with Crippen LogP contribution in [0.15, 0.2) is 42.5 Å². The summed E-state index contributed by atoms with van der Waals surface area (Å²) in [4.78, 5) is 16.7. The average molecular weight is 416 g/mol. The van der Waals surface area contributed by atoms with E-state index in [1.165, 1.54) is 12.1 Å². The minimum atomic E-state index is -0.631. The third-order valence-corrected chi connectivity index (χ3v) is 5.30. The van der Waals surface area contributed by atoms with Gasteiger partial charge in [0.1, 0.15) is 24.3 Å². The summed E-state index contributed by atoms with van der Waals surface area (Å²) in [6.07, 6.45) is -0.631. The Hall–Kier alpha value is -2.48. The predicted molar refractivity (Wildman–Crippen MR) is 115 cm³/mol. The number of nitrogens with zero attached hydrogens (tertiary/aromatic N) is 2. The van der Waals surface area contributed by atoms with Gasteiger partial charge in [0.05, 0.1) is 6.54 Å². The van der Waals surface area contributed by atoms with Gasteiger partial charge in [-0.1, -0.05) is 18.2 Å². The largest absolute Gasteiger partial charge is 0.491 e. The molecule has 1 aliphatic rings. The van der Waals surface area contributed by atoms with E-state index in [1.54, 1.807) is 12.1 Å². The molecule has 7 heteroatoms. The van der Waals surface area contributed by atoms with Crippen LogP contribution in [-0.2, 0) is 4.79 Å². The number of carbonyl (C=O) groups excluding carboxylic acids is 1. The van der Waals surface area contributed by atoms with E-state index in [4.69, 9.17) is 4.74 Å². The van der Waals surface area contributed by atoms with Crippen LogP contribution in [0.25, 0.3) is 0 Å². The van der Waals surface area contributed by atoms with Crippen LogP contribution in [0.1, 0.15) is 11.1 Å². The number of hydrogen-bond acceptors (Lipinski definition) is 5. The maximum atomic E-state index is 12.9. The third-order valence-electron chi connectivity index (χ3n) is 5.30. The Morgan fingerprint density at radius 3 is 2.30 bits per heavy atom. The van der Waals surface area contributed by atoms with E-state index < -0.39 is 6.10 Å². The fourth-order valence-corrected chi connectivity index (χ4v) is 3.60. The van der Waals surface area contributed by atoms with E-state index in [2.05, 4.69) is 15.1 Å². The zero-order valence-corrected chi connectivity index (χ0v) is 17.6. The van der Waals surface area contributed by atoms with Crippen molar-refractivity contribution in [3.63, 3.8) is 0 Å². The van der Waals surface area contributed by atoms with Gasteiger partial charge in [-0.05, 0) is 49.2 Å². The molecule has 0 saturated carbocycles. The van der Waals surface area contributed by atoms with Gasteiger partial charge in [-0.2, -0.15) is 0 Å². The highest BCUT2D eigenvalue weighted by molar-refractivity contribution is 5.93. The molecule has 0 radical (unpaired) electrons. The second kappa shape index (κ2) is 10.5. The van der Waals surface area contributed by atoms with Crippen molar-refractivity contribution in [3.8, 4) is 5.75 Å². The van der Waals surface area contributed by atoms with Crippen molar-refractivity contribution < 1.29 is 19.0 Å². The summed E-state index contributed by atoms with van der Waals surface area (Å²) in [5.41, 5.74) is 3.01. The van der Waals surface area contributed by atoms with E-state index in [0.717, 1.165) is 43.0 Å². The second-order valence-electron chi connectivity index (χ2n) is 7.81. The van der Waals surface area contributed by atoms with Crippen molar-refractivity contribution in [2.24, 2.45) is 0 Å². The quantitative estimate of drug-likeness (QED) is 0.693. The van der Waals surface area contributed by atoms with Crippen LogP contribution in [-0.4, -0.2) is 72.8 Å². The van der Waals surface area contributed by atoms with Crippen molar-refractivity contribution in [2.45, 2.75) is 20.0 Å². The number of hydrogen-bond donors (Lipinski definition) is 2. The summed E-state index contributed by atoms with van der Waals surface area (Å²) in [5.74, 6) is 0.215. The van der Waals surface area contributed by atoms with Crippen molar-refractivity contribution in [3.05, 3.63) is 59.4 Å². The Bertz CT molecular complexity index is 816. The van der Waals surface area contributed by atoms with E-state index >= 15 is 0 Å². The van der Waals surface area contributed by atoms with Crippen molar-refractivity contribution in [2.75, 3.05) is 51.2 Å². The van der Waals surface area contributed by atoms with Crippen LogP contribution < -0.4 is 10.1 Å². The van der Waals surface area contributed by atoms with Crippen LogP contribution in [0.3, 0.4) is 0 Å². The number of aryl methyl sites for hydroxylation is 2. The summed E-state index contributed by atoms with van der Waals surface area (Å²) < 4.78 is 18.4. The minimum absolute atomic E-state index is 0.00594. The minimum Gasteiger partial charge on any atom is -0.491 e. The predicted octanol–water partition coefficient (Wildman–Crippen LogP) is 2.44. The first-order valence-corrected chi connectivity index (χ1v) is 10.3. The van der Waals surface area contributed by atoms with Crippen LogP contribution in [0.4, 0.5) is 10.1 Å². The van der Waals surface area contributed by atoms with Crippen LogP contribution in [0.2, 0.25) is 0 Å². The Kier molecular flexibility index (Phi) is 7.79. The van der Waals surface area contributed by atoms with Gasteiger partial charge in [0.15, 0.2) is 0 Å².